The van der Waals surface area contributed by atoms with Crippen LogP contribution in [0.3, 0.4) is 0 Å². The summed E-state index contributed by atoms with van der Waals surface area (Å²) in [5, 5.41) is 4.22. The predicted molar refractivity (Wildman–Crippen MR) is 118 cm³/mol. The van der Waals surface area contributed by atoms with Gasteiger partial charge >= 0.3 is 5.97 Å². The van der Waals surface area contributed by atoms with Gasteiger partial charge in [-0.3, -0.25) is 14.4 Å². The lowest BCUT2D eigenvalue weighted by molar-refractivity contribution is -0.148. The molecule has 0 unspecified atom stereocenters. The lowest BCUT2D eigenvalue weighted by atomic mass is 9.89. The van der Waals surface area contributed by atoms with Gasteiger partial charge in [-0.1, -0.05) is 60.7 Å². The van der Waals surface area contributed by atoms with E-state index in [1.165, 1.54) is 0 Å². The number of nitrogens with one attached hydrogen (secondary N) is 2. The zero-order valence-corrected chi connectivity index (χ0v) is 17.9. The number of carbonyl (C=O) groups is 3. The summed E-state index contributed by atoms with van der Waals surface area (Å²) in [4.78, 5) is 36.2. The van der Waals surface area contributed by atoms with Crippen LogP contribution >= 0.6 is 0 Å². The molecule has 2 amide bonds. The summed E-state index contributed by atoms with van der Waals surface area (Å²) >= 11 is 0. The molecule has 3 aromatic rings. The smallest absolute Gasteiger partial charge is 0.307 e. The molecule has 0 aliphatic heterocycles. The number of ether oxygens (including phenoxy) is 1. The van der Waals surface area contributed by atoms with Gasteiger partial charge in [0.05, 0.1) is 18.7 Å². The van der Waals surface area contributed by atoms with E-state index in [0.717, 1.165) is 17.2 Å². The Kier molecular flexibility index (Phi) is 8.39. The molecule has 0 spiro atoms. The molecule has 0 saturated carbocycles. The van der Waals surface area contributed by atoms with Gasteiger partial charge in [-0.05, 0) is 23.3 Å². The molecule has 0 aromatic heterocycles. The van der Waals surface area contributed by atoms with E-state index in [0.29, 0.717) is 6.07 Å². The number of halogens is 3. The average Bonchev–Trinajstić information content (AvgIpc) is 2.86. The van der Waals surface area contributed by atoms with E-state index in [1.807, 2.05) is 66.0 Å². The molecule has 0 aliphatic carbocycles. The van der Waals surface area contributed by atoms with Crippen molar-refractivity contribution in [2.75, 3.05) is 18.5 Å². The van der Waals surface area contributed by atoms with Crippen molar-refractivity contribution >= 4 is 23.5 Å². The standard InChI is InChI=1S/C25H21F3N2O4/c26-19-11-12-20(25(28)24(19)27)30-21(31)14-29-22(32)15-34-23(33)13-18(16-7-3-1-4-8-16)17-9-5-2-6-10-17/h1-12,18H,13-15H2,(H,29,32)(H,30,31). The van der Waals surface area contributed by atoms with Crippen LogP contribution in [0.4, 0.5) is 18.9 Å². The molecule has 9 heteroatoms. The average molecular weight is 470 g/mol. The van der Waals surface area contributed by atoms with Crippen molar-refractivity contribution < 1.29 is 32.3 Å². The molecule has 0 atom stereocenters. The van der Waals surface area contributed by atoms with Gasteiger partial charge in [-0.25, -0.2) is 13.2 Å². The van der Waals surface area contributed by atoms with Gasteiger partial charge in [0.25, 0.3) is 5.91 Å². The highest BCUT2D eigenvalue weighted by atomic mass is 19.2. The highest BCUT2D eigenvalue weighted by molar-refractivity contribution is 5.95. The Bertz CT molecular complexity index is 1120. The number of anilines is 1. The maximum atomic E-state index is 13.6. The van der Waals surface area contributed by atoms with Crippen molar-refractivity contribution in [3.63, 3.8) is 0 Å². The first-order valence-electron chi connectivity index (χ1n) is 10.3. The van der Waals surface area contributed by atoms with E-state index in [4.69, 9.17) is 4.74 Å². The van der Waals surface area contributed by atoms with E-state index in [-0.39, 0.29) is 12.3 Å². The second kappa shape index (κ2) is 11.6. The fourth-order valence-corrected chi connectivity index (χ4v) is 3.22. The molecule has 0 radical (unpaired) electrons. The molecular weight excluding hydrogens is 449 g/mol. The highest BCUT2D eigenvalue weighted by Crippen LogP contribution is 2.28. The zero-order chi connectivity index (χ0) is 24.5. The predicted octanol–water partition coefficient (Wildman–Crippen LogP) is 3.92. The fourth-order valence-electron chi connectivity index (χ4n) is 3.22. The summed E-state index contributed by atoms with van der Waals surface area (Å²) in [6.45, 7) is -1.21. The minimum Gasteiger partial charge on any atom is -0.456 e. The third kappa shape index (κ3) is 6.68. The van der Waals surface area contributed by atoms with Gasteiger partial charge in [0.15, 0.2) is 24.1 Å². The van der Waals surface area contributed by atoms with Crippen molar-refractivity contribution in [2.24, 2.45) is 0 Å². The molecule has 0 aliphatic rings. The van der Waals surface area contributed by atoms with Crippen LogP contribution in [0, 0.1) is 17.5 Å². The molecule has 176 valence electrons. The molecule has 6 nitrogen and oxygen atoms in total. The molecule has 0 bridgehead atoms. The van der Waals surface area contributed by atoms with Gasteiger partial charge in [0, 0.05) is 5.92 Å². The van der Waals surface area contributed by atoms with Crippen molar-refractivity contribution in [3.8, 4) is 0 Å². The van der Waals surface area contributed by atoms with E-state index >= 15 is 0 Å². The lowest BCUT2D eigenvalue weighted by Gasteiger charge is -2.17. The lowest BCUT2D eigenvalue weighted by Crippen LogP contribution is -2.35. The molecule has 0 heterocycles. The van der Waals surface area contributed by atoms with Crippen LogP contribution in [0.15, 0.2) is 72.8 Å². The monoisotopic (exact) mass is 470 g/mol. The summed E-state index contributed by atoms with van der Waals surface area (Å²) in [7, 11) is 0. The number of amides is 2. The largest absolute Gasteiger partial charge is 0.456 e. The van der Waals surface area contributed by atoms with Gasteiger partial charge in [-0.15, -0.1) is 0 Å². The second-order valence-electron chi connectivity index (χ2n) is 7.29. The minimum absolute atomic E-state index is 0.00278. The Hall–Kier alpha value is -4.14. The molecular formula is C25H21F3N2O4. The van der Waals surface area contributed by atoms with Gasteiger partial charge in [0.2, 0.25) is 5.91 Å². The quantitative estimate of drug-likeness (QED) is 0.367. The van der Waals surface area contributed by atoms with Gasteiger partial charge in [-0.2, -0.15) is 0 Å². The minimum atomic E-state index is -1.72. The van der Waals surface area contributed by atoms with E-state index in [9.17, 15) is 27.6 Å². The van der Waals surface area contributed by atoms with Crippen molar-refractivity contribution in [2.45, 2.75) is 12.3 Å². The van der Waals surface area contributed by atoms with Crippen LogP contribution in [-0.4, -0.2) is 30.9 Å². The first-order chi connectivity index (χ1) is 16.3. The molecule has 2 N–H and O–H groups in total. The summed E-state index contributed by atoms with van der Waals surface area (Å²) < 4.78 is 44.8. The summed E-state index contributed by atoms with van der Waals surface area (Å²) in [6, 6.07) is 20.3. The fraction of sp³-hybridized carbons (Fsp3) is 0.160. The van der Waals surface area contributed by atoms with Gasteiger partial charge in [0.1, 0.15) is 0 Å². The number of esters is 1. The van der Waals surface area contributed by atoms with Gasteiger partial charge < -0.3 is 15.4 Å². The van der Waals surface area contributed by atoms with Crippen LogP contribution in [0.25, 0.3) is 0 Å². The SMILES string of the molecule is O=C(COC(=O)CC(c1ccccc1)c1ccccc1)NCC(=O)Nc1ccc(F)c(F)c1F. The Morgan fingerprint density at radius 2 is 1.35 bits per heavy atom. The third-order valence-electron chi connectivity index (χ3n) is 4.89. The number of benzene rings is 3. The Labute approximate surface area is 193 Å². The normalized spacial score (nSPS) is 10.6. The van der Waals surface area contributed by atoms with Crippen molar-refractivity contribution in [1.29, 1.82) is 0 Å². The second-order valence-corrected chi connectivity index (χ2v) is 7.29. The van der Waals surface area contributed by atoms with Crippen LogP contribution in [0.5, 0.6) is 0 Å². The summed E-state index contributed by atoms with van der Waals surface area (Å²) in [5.74, 6) is -7.19. The summed E-state index contributed by atoms with van der Waals surface area (Å²) in [5.41, 5.74) is 1.25. The van der Waals surface area contributed by atoms with E-state index < -0.39 is 54.1 Å². The Morgan fingerprint density at radius 3 is 1.94 bits per heavy atom. The van der Waals surface area contributed by atoms with Crippen LogP contribution in [0.1, 0.15) is 23.5 Å². The maximum absolute atomic E-state index is 13.6. The number of rotatable bonds is 9. The van der Waals surface area contributed by atoms with Crippen LogP contribution in [-0.2, 0) is 19.1 Å². The number of carbonyl (C=O) groups excluding carboxylic acids is 3. The molecule has 3 rings (SSSR count). The van der Waals surface area contributed by atoms with Crippen LogP contribution in [0.2, 0.25) is 0 Å². The molecule has 34 heavy (non-hydrogen) atoms. The maximum Gasteiger partial charge on any atom is 0.307 e. The molecule has 3 aromatic carbocycles. The number of hydrogen-bond donors (Lipinski definition) is 2. The topological polar surface area (TPSA) is 84.5 Å². The first-order valence-corrected chi connectivity index (χ1v) is 10.3. The van der Waals surface area contributed by atoms with E-state index in [1.54, 1.807) is 0 Å². The Balaban J connectivity index is 1.49. The van der Waals surface area contributed by atoms with Crippen LogP contribution < -0.4 is 10.6 Å². The third-order valence-corrected chi connectivity index (χ3v) is 4.89. The first kappa shape index (κ1) is 24.5. The molecule has 0 saturated heterocycles. The summed E-state index contributed by atoms with van der Waals surface area (Å²) in [6.07, 6.45) is -0.00278. The zero-order valence-electron chi connectivity index (χ0n) is 17.9. The van der Waals surface area contributed by atoms with Crippen molar-refractivity contribution in [1.82, 2.24) is 5.32 Å². The molecule has 0 fully saturated rings. The van der Waals surface area contributed by atoms with Crippen molar-refractivity contribution in [3.05, 3.63) is 101 Å². The number of hydrogen-bond acceptors (Lipinski definition) is 4. The van der Waals surface area contributed by atoms with E-state index in [2.05, 4.69) is 5.32 Å². The highest BCUT2D eigenvalue weighted by Gasteiger charge is 2.20. The Morgan fingerprint density at radius 1 is 0.765 bits per heavy atom.